The molecule has 26 heavy (non-hydrogen) atoms. The molecule has 2 heterocycles. The number of methoxy groups -OCH3 is 1. The Kier molecular flexibility index (Phi) is 5.18. The number of furan rings is 1. The van der Waals surface area contributed by atoms with Crippen molar-refractivity contribution in [3.63, 3.8) is 0 Å². The first-order valence-electron chi connectivity index (χ1n) is 8.36. The molecule has 0 aliphatic carbocycles. The summed E-state index contributed by atoms with van der Waals surface area (Å²) in [5.41, 5.74) is 0.899. The Morgan fingerprint density at radius 1 is 1.23 bits per heavy atom. The molecule has 0 fully saturated rings. The number of amides is 3. The van der Waals surface area contributed by atoms with Gasteiger partial charge in [-0.25, -0.2) is 0 Å². The fourth-order valence-corrected chi connectivity index (χ4v) is 2.89. The van der Waals surface area contributed by atoms with Crippen molar-refractivity contribution < 1.29 is 23.5 Å². The second kappa shape index (κ2) is 7.53. The topological polar surface area (TPSA) is 88.8 Å². The molecular weight excluding hydrogens is 336 g/mol. The predicted octanol–water partition coefficient (Wildman–Crippen LogP) is 2.40. The molecule has 0 unspecified atom stereocenters. The molecule has 1 atom stereocenters. The van der Waals surface area contributed by atoms with Crippen LogP contribution < -0.4 is 5.32 Å². The molecule has 0 bridgehead atoms. The van der Waals surface area contributed by atoms with Gasteiger partial charge in [0.2, 0.25) is 0 Å². The quantitative estimate of drug-likeness (QED) is 0.608. The molecule has 0 radical (unpaired) electrons. The van der Waals surface area contributed by atoms with Crippen LogP contribution in [0, 0.1) is 0 Å². The molecule has 3 rings (SSSR count). The Bertz CT molecular complexity index is 828. The van der Waals surface area contributed by atoms with Gasteiger partial charge in [-0.1, -0.05) is 0 Å². The van der Waals surface area contributed by atoms with Crippen LogP contribution in [0.25, 0.3) is 0 Å². The Morgan fingerprint density at radius 3 is 2.69 bits per heavy atom. The van der Waals surface area contributed by atoms with Gasteiger partial charge >= 0.3 is 0 Å². The normalized spacial score (nSPS) is 14.5. The highest BCUT2D eigenvalue weighted by molar-refractivity contribution is 6.22. The van der Waals surface area contributed by atoms with E-state index in [-0.39, 0.29) is 35.9 Å². The van der Waals surface area contributed by atoms with Crippen LogP contribution in [0.5, 0.6) is 0 Å². The molecule has 1 aromatic heterocycles. The average molecular weight is 356 g/mol. The second-order valence-corrected chi connectivity index (χ2v) is 6.08. The van der Waals surface area contributed by atoms with E-state index in [0.29, 0.717) is 29.9 Å². The summed E-state index contributed by atoms with van der Waals surface area (Å²) in [6.45, 7) is 2.55. The maximum atomic E-state index is 12.5. The molecule has 3 amide bonds. The van der Waals surface area contributed by atoms with Gasteiger partial charge in [0, 0.05) is 25.8 Å². The molecule has 1 aliphatic heterocycles. The molecule has 136 valence electrons. The molecule has 1 aromatic carbocycles. The number of nitrogens with zero attached hydrogens (tertiary/aromatic N) is 1. The minimum Gasteiger partial charge on any atom is -0.467 e. The van der Waals surface area contributed by atoms with Crippen molar-refractivity contribution >= 4 is 17.7 Å². The lowest BCUT2D eigenvalue weighted by molar-refractivity contribution is 0.0638. The van der Waals surface area contributed by atoms with Crippen LogP contribution >= 0.6 is 0 Å². The smallest absolute Gasteiger partial charge is 0.261 e. The Labute approximate surface area is 150 Å². The summed E-state index contributed by atoms with van der Waals surface area (Å²) in [6, 6.07) is 7.75. The Morgan fingerprint density at radius 2 is 2.00 bits per heavy atom. The first-order valence-corrected chi connectivity index (χ1v) is 8.36. The van der Waals surface area contributed by atoms with Crippen LogP contribution in [0.2, 0.25) is 0 Å². The van der Waals surface area contributed by atoms with Crippen LogP contribution in [-0.2, 0) is 4.74 Å². The van der Waals surface area contributed by atoms with E-state index in [0.717, 1.165) is 0 Å². The number of fused-ring (bicyclic) bond motifs is 1. The lowest BCUT2D eigenvalue weighted by atomic mass is 10.0. The van der Waals surface area contributed by atoms with Crippen molar-refractivity contribution in [2.75, 3.05) is 20.3 Å². The van der Waals surface area contributed by atoms with E-state index in [2.05, 4.69) is 5.32 Å². The molecular formula is C19H20N2O5. The number of hydrogen-bond acceptors (Lipinski definition) is 5. The van der Waals surface area contributed by atoms with Gasteiger partial charge in [0.15, 0.2) is 0 Å². The van der Waals surface area contributed by atoms with Gasteiger partial charge in [0.25, 0.3) is 17.7 Å². The first-order chi connectivity index (χ1) is 12.5. The van der Waals surface area contributed by atoms with Gasteiger partial charge in [0.1, 0.15) is 5.76 Å². The zero-order valence-corrected chi connectivity index (χ0v) is 14.7. The third-order valence-corrected chi connectivity index (χ3v) is 4.28. The van der Waals surface area contributed by atoms with Crippen molar-refractivity contribution in [1.82, 2.24) is 10.2 Å². The molecule has 1 aliphatic rings. The third-order valence-electron chi connectivity index (χ3n) is 4.28. The summed E-state index contributed by atoms with van der Waals surface area (Å²) in [7, 11) is 1.57. The van der Waals surface area contributed by atoms with Gasteiger partial charge in [0.05, 0.1) is 23.4 Å². The van der Waals surface area contributed by atoms with Crippen LogP contribution in [0.1, 0.15) is 56.2 Å². The van der Waals surface area contributed by atoms with Gasteiger partial charge in [-0.2, -0.15) is 0 Å². The van der Waals surface area contributed by atoms with E-state index < -0.39 is 0 Å². The van der Waals surface area contributed by atoms with Gasteiger partial charge in [-0.05, 0) is 43.7 Å². The molecule has 0 saturated heterocycles. The highest BCUT2D eigenvalue weighted by atomic mass is 16.5. The van der Waals surface area contributed by atoms with Crippen LogP contribution in [0.4, 0.5) is 0 Å². The standard InChI is InChI=1S/C19H20N2O5/c1-12(16-5-3-10-26-16)20-17(22)13-6-7-14-15(11-13)19(24)21(18(14)23)8-4-9-25-2/h3,5-7,10-12H,4,8-9H2,1-2H3,(H,20,22)/t12-/m0/s1. The van der Waals surface area contributed by atoms with Crippen molar-refractivity contribution in [2.24, 2.45) is 0 Å². The van der Waals surface area contributed by atoms with Gasteiger partial charge in [-0.3, -0.25) is 19.3 Å². The summed E-state index contributed by atoms with van der Waals surface area (Å²) in [5, 5.41) is 2.81. The van der Waals surface area contributed by atoms with E-state index in [1.165, 1.54) is 23.3 Å². The average Bonchev–Trinajstić information content (AvgIpc) is 3.25. The van der Waals surface area contributed by atoms with E-state index >= 15 is 0 Å². The Balaban J connectivity index is 1.74. The number of carbonyl (C=O) groups excluding carboxylic acids is 3. The van der Waals surface area contributed by atoms with E-state index in [1.807, 2.05) is 0 Å². The zero-order valence-electron chi connectivity index (χ0n) is 14.7. The summed E-state index contributed by atoms with van der Waals surface area (Å²) in [4.78, 5) is 38.5. The molecule has 7 nitrogen and oxygen atoms in total. The van der Waals surface area contributed by atoms with E-state index in [4.69, 9.17) is 9.15 Å². The Hall–Kier alpha value is -2.93. The number of nitrogens with one attached hydrogen (secondary N) is 1. The lowest BCUT2D eigenvalue weighted by Crippen LogP contribution is -2.31. The minimum absolute atomic E-state index is 0.255. The van der Waals surface area contributed by atoms with E-state index in [1.54, 1.807) is 32.2 Å². The molecule has 2 aromatic rings. The third kappa shape index (κ3) is 3.39. The van der Waals surface area contributed by atoms with Crippen molar-refractivity contribution in [3.8, 4) is 0 Å². The number of carbonyl (C=O) groups is 3. The van der Waals surface area contributed by atoms with Crippen molar-refractivity contribution in [1.29, 1.82) is 0 Å². The molecule has 7 heteroatoms. The molecule has 0 saturated carbocycles. The lowest BCUT2D eigenvalue weighted by Gasteiger charge is -2.12. The number of ether oxygens (including phenoxy) is 1. The summed E-state index contributed by atoms with van der Waals surface area (Å²) >= 11 is 0. The fraction of sp³-hybridized carbons (Fsp3) is 0.316. The SMILES string of the molecule is COCCCN1C(=O)c2ccc(C(=O)N[C@@H](C)c3ccco3)cc2C1=O. The predicted molar refractivity (Wildman–Crippen MR) is 92.9 cm³/mol. The maximum Gasteiger partial charge on any atom is 0.261 e. The maximum absolute atomic E-state index is 12.5. The summed E-state index contributed by atoms with van der Waals surface area (Å²) in [5.74, 6) is -0.420. The summed E-state index contributed by atoms with van der Waals surface area (Å²) < 4.78 is 10.2. The summed E-state index contributed by atoms with van der Waals surface area (Å²) in [6.07, 6.45) is 2.10. The largest absolute Gasteiger partial charge is 0.467 e. The van der Waals surface area contributed by atoms with Crippen LogP contribution in [0.15, 0.2) is 41.0 Å². The monoisotopic (exact) mass is 356 g/mol. The van der Waals surface area contributed by atoms with Crippen LogP contribution in [-0.4, -0.2) is 42.9 Å². The highest BCUT2D eigenvalue weighted by Gasteiger charge is 2.35. The first kappa shape index (κ1) is 17.9. The number of imide groups is 1. The number of hydrogen-bond donors (Lipinski definition) is 1. The fourth-order valence-electron chi connectivity index (χ4n) is 2.89. The van der Waals surface area contributed by atoms with Crippen molar-refractivity contribution in [3.05, 3.63) is 59.0 Å². The van der Waals surface area contributed by atoms with Gasteiger partial charge in [-0.15, -0.1) is 0 Å². The zero-order chi connectivity index (χ0) is 18.7. The number of benzene rings is 1. The highest BCUT2D eigenvalue weighted by Crippen LogP contribution is 2.24. The number of rotatable bonds is 7. The second-order valence-electron chi connectivity index (χ2n) is 6.08. The van der Waals surface area contributed by atoms with E-state index in [9.17, 15) is 14.4 Å². The molecule has 1 N–H and O–H groups in total. The van der Waals surface area contributed by atoms with Gasteiger partial charge < -0.3 is 14.5 Å². The minimum atomic E-state index is -0.380. The molecule has 0 spiro atoms. The van der Waals surface area contributed by atoms with Crippen LogP contribution in [0.3, 0.4) is 0 Å². The van der Waals surface area contributed by atoms with Crippen molar-refractivity contribution in [2.45, 2.75) is 19.4 Å².